The van der Waals surface area contributed by atoms with Crippen LogP contribution in [0.3, 0.4) is 0 Å². The van der Waals surface area contributed by atoms with Crippen molar-refractivity contribution in [3.8, 4) is 6.07 Å². The number of aromatic amines is 1. The molecule has 1 atom stereocenters. The Bertz CT molecular complexity index is 909. The lowest BCUT2D eigenvalue weighted by Gasteiger charge is -2.30. The molecular formula is C18H21N5O. The van der Waals surface area contributed by atoms with Crippen molar-refractivity contribution in [3.05, 3.63) is 24.3 Å². The molecule has 6 heteroatoms. The van der Waals surface area contributed by atoms with Crippen LogP contribution in [0.5, 0.6) is 0 Å². The van der Waals surface area contributed by atoms with Gasteiger partial charge in [-0.15, -0.1) is 0 Å². The van der Waals surface area contributed by atoms with E-state index in [9.17, 15) is 5.11 Å². The van der Waals surface area contributed by atoms with E-state index in [1.807, 2.05) is 12.3 Å². The van der Waals surface area contributed by atoms with Crippen LogP contribution in [0.4, 0.5) is 0 Å². The minimum atomic E-state index is -0.622. The first-order valence-electron chi connectivity index (χ1n) is 8.58. The van der Waals surface area contributed by atoms with E-state index in [-0.39, 0.29) is 0 Å². The van der Waals surface area contributed by atoms with Crippen molar-refractivity contribution in [2.24, 2.45) is 5.92 Å². The molecule has 0 aromatic carbocycles. The van der Waals surface area contributed by atoms with Gasteiger partial charge in [-0.3, -0.25) is 0 Å². The lowest BCUT2D eigenvalue weighted by atomic mass is 9.84. The number of nitrogens with zero attached hydrogens (tertiary/aromatic N) is 4. The Morgan fingerprint density at radius 2 is 2.21 bits per heavy atom. The van der Waals surface area contributed by atoms with Crippen LogP contribution in [-0.2, 0) is 0 Å². The van der Waals surface area contributed by atoms with E-state index in [2.05, 4.69) is 25.6 Å². The van der Waals surface area contributed by atoms with Crippen molar-refractivity contribution in [1.29, 1.82) is 5.26 Å². The van der Waals surface area contributed by atoms with E-state index < -0.39 is 6.10 Å². The van der Waals surface area contributed by atoms with Crippen molar-refractivity contribution in [1.82, 2.24) is 19.5 Å². The molecule has 0 radical (unpaired) electrons. The zero-order valence-corrected chi connectivity index (χ0v) is 13.7. The van der Waals surface area contributed by atoms with Gasteiger partial charge >= 0.3 is 0 Å². The molecule has 124 valence electrons. The predicted octanol–water partition coefficient (Wildman–Crippen LogP) is 3.61. The number of aliphatic hydroxyl groups excluding tert-OH is 1. The normalized spacial score (nSPS) is 22.7. The first-order chi connectivity index (χ1) is 11.7. The highest BCUT2D eigenvalue weighted by Gasteiger charge is 2.27. The van der Waals surface area contributed by atoms with Crippen molar-refractivity contribution in [3.63, 3.8) is 0 Å². The van der Waals surface area contributed by atoms with Crippen LogP contribution in [0.25, 0.3) is 22.1 Å². The summed E-state index contributed by atoms with van der Waals surface area (Å²) in [6.45, 7) is 1.76. The molecule has 3 aromatic rings. The molecule has 6 nitrogen and oxygen atoms in total. The molecule has 1 saturated carbocycles. The summed E-state index contributed by atoms with van der Waals surface area (Å²) in [5, 5.41) is 20.2. The maximum atomic E-state index is 10.2. The van der Waals surface area contributed by atoms with Gasteiger partial charge in [-0.1, -0.05) is 0 Å². The molecule has 0 spiro atoms. The summed E-state index contributed by atoms with van der Waals surface area (Å²) in [7, 11) is 0. The van der Waals surface area contributed by atoms with E-state index in [0.29, 0.717) is 24.2 Å². The lowest BCUT2D eigenvalue weighted by molar-refractivity contribution is 0.175. The van der Waals surface area contributed by atoms with Crippen LogP contribution in [0.2, 0.25) is 0 Å². The summed E-state index contributed by atoms with van der Waals surface area (Å²) >= 11 is 0. The van der Waals surface area contributed by atoms with Crippen LogP contribution < -0.4 is 0 Å². The van der Waals surface area contributed by atoms with Crippen LogP contribution >= 0.6 is 0 Å². The van der Waals surface area contributed by atoms with Crippen LogP contribution in [0.1, 0.15) is 57.0 Å². The monoisotopic (exact) mass is 323 g/mol. The fraction of sp³-hybridized carbons (Fsp3) is 0.500. The Labute approximate surface area is 140 Å². The molecule has 4 rings (SSSR count). The van der Waals surface area contributed by atoms with E-state index in [0.717, 1.165) is 47.8 Å². The number of aliphatic hydroxyl groups is 1. The molecule has 1 unspecified atom stereocenters. The minimum Gasteiger partial charge on any atom is -0.385 e. The first kappa shape index (κ1) is 15.2. The maximum absolute atomic E-state index is 10.2. The van der Waals surface area contributed by atoms with Gasteiger partial charge in [-0.05, 0) is 44.6 Å². The van der Waals surface area contributed by atoms with Gasteiger partial charge in [-0.2, -0.15) is 5.26 Å². The molecule has 0 bridgehead atoms. The third-order valence-electron chi connectivity index (χ3n) is 5.20. The summed E-state index contributed by atoms with van der Waals surface area (Å²) in [5.74, 6) is 1.22. The van der Waals surface area contributed by atoms with E-state index in [1.165, 1.54) is 0 Å². The molecule has 0 amide bonds. The summed E-state index contributed by atoms with van der Waals surface area (Å²) in [6, 6.07) is 4.63. The average Bonchev–Trinajstić information content (AvgIpc) is 3.19. The summed E-state index contributed by atoms with van der Waals surface area (Å²) in [5.41, 5.74) is 2.73. The van der Waals surface area contributed by atoms with Crippen LogP contribution in [-0.4, -0.2) is 24.6 Å². The van der Waals surface area contributed by atoms with Crippen molar-refractivity contribution >= 4 is 22.1 Å². The quantitative estimate of drug-likeness (QED) is 0.770. The first-order valence-corrected chi connectivity index (χ1v) is 8.58. The van der Waals surface area contributed by atoms with E-state index in [4.69, 9.17) is 5.26 Å². The average molecular weight is 323 g/mol. The number of pyridine rings is 1. The minimum absolute atomic E-state index is 0.315. The molecule has 1 fully saturated rings. The lowest BCUT2D eigenvalue weighted by Crippen LogP contribution is -2.20. The number of fused-ring (bicyclic) bond motifs is 3. The summed E-state index contributed by atoms with van der Waals surface area (Å²) in [4.78, 5) is 12.2. The molecular weight excluding hydrogens is 302 g/mol. The van der Waals surface area contributed by atoms with Crippen LogP contribution in [0.15, 0.2) is 18.5 Å². The number of nitrogens with one attached hydrogen (secondary N) is 1. The Morgan fingerprint density at radius 1 is 1.42 bits per heavy atom. The molecule has 3 aromatic heterocycles. The Morgan fingerprint density at radius 3 is 2.92 bits per heavy atom. The Hall–Kier alpha value is -2.39. The fourth-order valence-electron chi connectivity index (χ4n) is 4.01. The number of hydrogen-bond acceptors (Lipinski definition) is 4. The predicted molar refractivity (Wildman–Crippen MR) is 91.2 cm³/mol. The van der Waals surface area contributed by atoms with Crippen molar-refractivity contribution in [2.45, 2.75) is 51.2 Å². The van der Waals surface area contributed by atoms with E-state index >= 15 is 0 Å². The highest BCUT2D eigenvalue weighted by molar-refractivity contribution is 6.01. The second-order valence-electron chi connectivity index (χ2n) is 6.78. The van der Waals surface area contributed by atoms with Crippen LogP contribution in [0, 0.1) is 17.2 Å². The van der Waals surface area contributed by atoms with E-state index in [1.54, 1.807) is 13.1 Å². The summed E-state index contributed by atoms with van der Waals surface area (Å²) in [6.07, 6.45) is 7.84. The second-order valence-corrected chi connectivity index (χ2v) is 6.78. The molecule has 1 aliphatic rings. The topological polar surface area (TPSA) is 90.5 Å². The van der Waals surface area contributed by atoms with Gasteiger partial charge in [0.1, 0.15) is 23.1 Å². The number of imidazole rings is 1. The third-order valence-corrected chi connectivity index (χ3v) is 5.20. The summed E-state index contributed by atoms with van der Waals surface area (Å²) < 4.78 is 2.22. The van der Waals surface area contributed by atoms with Crippen molar-refractivity contribution < 1.29 is 5.11 Å². The zero-order chi connectivity index (χ0) is 16.7. The highest BCUT2D eigenvalue weighted by atomic mass is 16.3. The molecule has 0 aliphatic heterocycles. The van der Waals surface area contributed by atoms with Gasteiger partial charge < -0.3 is 14.7 Å². The smallest absolute Gasteiger partial charge is 0.139 e. The van der Waals surface area contributed by atoms with Crippen molar-refractivity contribution in [2.75, 3.05) is 0 Å². The Balaban J connectivity index is 1.82. The van der Waals surface area contributed by atoms with Gasteiger partial charge in [0, 0.05) is 24.0 Å². The molecule has 1 aliphatic carbocycles. The highest BCUT2D eigenvalue weighted by Crippen LogP contribution is 2.38. The zero-order valence-electron chi connectivity index (χ0n) is 13.7. The molecule has 3 heterocycles. The SMILES string of the molecule is CC(O)c1nc2cnc3[nH]ccc3c2n1C1CCC(CC#N)CC1. The largest absolute Gasteiger partial charge is 0.385 e. The third kappa shape index (κ3) is 2.36. The Kier molecular flexibility index (Phi) is 3.73. The van der Waals surface area contributed by atoms with Gasteiger partial charge in [-0.25, -0.2) is 9.97 Å². The number of nitriles is 1. The number of H-pyrrole nitrogens is 1. The molecule has 24 heavy (non-hydrogen) atoms. The number of rotatable bonds is 3. The maximum Gasteiger partial charge on any atom is 0.139 e. The standard InChI is InChI=1S/C18H21N5O/c1-11(24)18-22-15-10-21-17-14(7-9-20-17)16(15)23(18)13-4-2-12(3-5-13)6-8-19/h7,9-13,24H,2-6H2,1H3,(H,20,21). The molecule has 0 saturated heterocycles. The number of hydrogen-bond donors (Lipinski definition) is 2. The molecule has 2 N–H and O–H groups in total. The van der Waals surface area contributed by atoms with Gasteiger partial charge in [0.2, 0.25) is 0 Å². The van der Waals surface area contributed by atoms with Gasteiger partial charge in [0.05, 0.1) is 17.8 Å². The van der Waals surface area contributed by atoms with Gasteiger partial charge in [0.15, 0.2) is 0 Å². The van der Waals surface area contributed by atoms with Gasteiger partial charge in [0.25, 0.3) is 0 Å². The second kappa shape index (κ2) is 5.91. The number of aromatic nitrogens is 4. The fourth-order valence-corrected chi connectivity index (χ4v) is 4.01.